The van der Waals surface area contributed by atoms with E-state index in [1.807, 2.05) is 45.0 Å². The fourth-order valence-electron chi connectivity index (χ4n) is 2.25. The molecule has 0 aliphatic rings. The predicted molar refractivity (Wildman–Crippen MR) is 103 cm³/mol. The molecule has 0 radical (unpaired) electrons. The summed E-state index contributed by atoms with van der Waals surface area (Å²) in [5.74, 6) is 2.13. The van der Waals surface area contributed by atoms with Crippen LogP contribution in [0.25, 0.3) is 0 Å². The first-order chi connectivity index (χ1) is 12.9. The monoisotopic (exact) mass is 387 g/mol. The topological polar surface area (TPSA) is 130 Å². The minimum absolute atomic E-state index is 0.133. The van der Waals surface area contributed by atoms with Crippen LogP contribution in [0.5, 0.6) is 5.75 Å². The van der Waals surface area contributed by atoms with Crippen LogP contribution in [0.4, 0.5) is 17.6 Å². The van der Waals surface area contributed by atoms with Crippen LogP contribution in [0, 0.1) is 0 Å². The van der Waals surface area contributed by atoms with Crippen molar-refractivity contribution >= 4 is 29.3 Å². The van der Waals surface area contributed by atoms with Crippen molar-refractivity contribution in [2.75, 3.05) is 18.2 Å². The lowest BCUT2D eigenvalue weighted by atomic mass is 10.1. The van der Waals surface area contributed by atoms with Crippen LogP contribution in [0.2, 0.25) is 0 Å². The molecule has 3 N–H and O–H groups in total. The summed E-state index contributed by atoms with van der Waals surface area (Å²) in [7, 11) is 1.60. The standard InChI is InChI=1S/C16H21N9OS/c1-16(2,3)25-15(22-23-24-25)27-9-12-19-13(17)21-14(20-12)18-10-7-5-6-8-11(10)26-4/h5-8H,9H2,1-4H3,(H3,17,18,19,20,21). The van der Waals surface area contributed by atoms with E-state index in [9.17, 15) is 0 Å². The van der Waals surface area contributed by atoms with Crippen LogP contribution in [-0.4, -0.2) is 42.3 Å². The normalized spacial score (nSPS) is 11.4. The summed E-state index contributed by atoms with van der Waals surface area (Å²) >= 11 is 1.43. The van der Waals surface area contributed by atoms with Crippen molar-refractivity contribution in [3.05, 3.63) is 30.1 Å². The molecule has 0 spiro atoms. The summed E-state index contributed by atoms with van der Waals surface area (Å²) in [6.07, 6.45) is 0. The van der Waals surface area contributed by atoms with Crippen molar-refractivity contribution in [2.24, 2.45) is 0 Å². The second kappa shape index (κ2) is 7.74. The lowest BCUT2D eigenvalue weighted by molar-refractivity contribution is 0.321. The van der Waals surface area contributed by atoms with Gasteiger partial charge in [0, 0.05) is 0 Å². The number of hydrogen-bond acceptors (Lipinski definition) is 10. The highest BCUT2D eigenvalue weighted by Crippen LogP contribution is 2.27. The second-order valence-corrected chi connectivity index (χ2v) is 7.53. The molecular weight excluding hydrogens is 366 g/mol. The van der Waals surface area contributed by atoms with E-state index in [0.717, 1.165) is 5.69 Å². The van der Waals surface area contributed by atoms with Crippen LogP contribution in [-0.2, 0) is 11.3 Å². The summed E-state index contributed by atoms with van der Waals surface area (Å²) in [6, 6.07) is 7.48. The minimum Gasteiger partial charge on any atom is -0.495 e. The van der Waals surface area contributed by atoms with Gasteiger partial charge in [-0.3, -0.25) is 0 Å². The van der Waals surface area contributed by atoms with Gasteiger partial charge < -0.3 is 15.8 Å². The maximum atomic E-state index is 5.84. The van der Waals surface area contributed by atoms with Crippen LogP contribution in [0.15, 0.2) is 29.4 Å². The molecule has 27 heavy (non-hydrogen) atoms. The van der Waals surface area contributed by atoms with Gasteiger partial charge in [0.1, 0.15) is 11.6 Å². The van der Waals surface area contributed by atoms with Crippen molar-refractivity contribution in [2.45, 2.75) is 37.2 Å². The Balaban J connectivity index is 1.77. The fraction of sp³-hybridized carbons (Fsp3) is 0.375. The maximum Gasteiger partial charge on any atom is 0.232 e. The summed E-state index contributed by atoms with van der Waals surface area (Å²) in [5.41, 5.74) is 6.36. The number of nitrogen functional groups attached to an aromatic ring is 1. The number of benzene rings is 1. The number of para-hydroxylation sites is 2. The Morgan fingerprint density at radius 3 is 2.70 bits per heavy atom. The first-order valence-electron chi connectivity index (χ1n) is 8.19. The van der Waals surface area contributed by atoms with Crippen LogP contribution >= 0.6 is 11.8 Å². The number of rotatable bonds is 6. The zero-order valence-electron chi connectivity index (χ0n) is 15.5. The lowest BCUT2D eigenvalue weighted by Gasteiger charge is -2.19. The lowest BCUT2D eigenvalue weighted by Crippen LogP contribution is -2.24. The number of aromatic nitrogens is 7. The predicted octanol–water partition coefficient (Wildman–Crippen LogP) is 2.24. The van der Waals surface area contributed by atoms with Gasteiger partial charge in [-0.15, -0.1) is 5.10 Å². The summed E-state index contributed by atoms with van der Waals surface area (Å²) in [6.45, 7) is 6.09. The molecule has 10 nitrogen and oxygen atoms in total. The maximum absolute atomic E-state index is 5.84. The minimum atomic E-state index is -0.222. The zero-order chi connectivity index (χ0) is 19.4. The molecule has 0 aliphatic heterocycles. The molecule has 0 bridgehead atoms. The first kappa shape index (κ1) is 18.8. The Labute approximate surface area is 161 Å². The molecule has 11 heteroatoms. The quantitative estimate of drug-likeness (QED) is 0.607. The molecule has 142 valence electrons. The van der Waals surface area contributed by atoms with E-state index in [4.69, 9.17) is 10.5 Å². The number of ether oxygens (including phenoxy) is 1. The highest BCUT2D eigenvalue weighted by molar-refractivity contribution is 7.98. The van der Waals surface area contributed by atoms with Gasteiger partial charge >= 0.3 is 0 Å². The van der Waals surface area contributed by atoms with Crippen LogP contribution in [0.3, 0.4) is 0 Å². The van der Waals surface area contributed by atoms with Gasteiger partial charge in [0.25, 0.3) is 0 Å². The number of thioether (sulfide) groups is 1. The Bertz CT molecular complexity index is 922. The third-order valence-electron chi connectivity index (χ3n) is 3.46. The van der Waals surface area contributed by atoms with Gasteiger partial charge in [-0.05, 0) is 43.3 Å². The Morgan fingerprint density at radius 2 is 1.96 bits per heavy atom. The third kappa shape index (κ3) is 4.61. The van der Waals surface area contributed by atoms with E-state index in [1.165, 1.54) is 11.8 Å². The van der Waals surface area contributed by atoms with E-state index in [-0.39, 0.29) is 11.5 Å². The van der Waals surface area contributed by atoms with Crippen molar-refractivity contribution in [1.29, 1.82) is 0 Å². The molecule has 2 heterocycles. The van der Waals surface area contributed by atoms with E-state index in [1.54, 1.807) is 11.8 Å². The number of methoxy groups -OCH3 is 1. The number of hydrogen-bond donors (Lipinski definition) is 2. The third-order valence-corrected chi connectivity index (χ3v) is 4.37. The number of anilines is 3. The molecule has 0 saturated carbocycles. The van der Waals surface area contributed by atoms with E-state index in [0.29, 0.717) is 28.4 Å². The smallest absolute Gasteiger partial charge is 0.232 e. The van der Waals surface area contributed by atoms with Gasteiger partial charge in [0.2, 0.25) is 17.1 Å². The zero-order valence-corrected chi connectivity index (χ0v) is 16.4. The average molecular weight is 387 g/mol. The molecular formula is C16H21N9OS. The summed E-state index contributed by atoms with van der Waals surface area (Å²) in [4.78, 5) is 12.8. The number of nitrogens with two attached hydrogens (primary N) is 1. The molecule has 0 unspecified atom stereocenters. The van der Waals surface area contributed by atoms with Crippen LogP contribution < -0.4 is 15.8 Å². The van der Waals surface area contributed by atoms with Gasteiger partial charge in [-0.1, -0.05) is 23.9 Å². The summed E-state index contributed by atoms with van der Waals surface area (Å²) in [5, 5.41) is 15.6. The molecule has 1 aromatic carbocycles. The molecule has 0 aliphatic carbocycles. The van der Waals surface area contributed by atoms with E-state index < -0.39 is 0 Å². The summed E-state index contributed by atoms with van der Waals surface area (Å²) < 4.78 is 7.09. The number of tetrazole rings is 1. The Kier molecular flexibility index (Phi) is 5.40. The van der Waals surface area contributed by atoms with Gasteiger partial charge in [0.15, 0.2) is 0 Å². The average Bonchev–Trinajstić information content (AvgIpc) is 3.09. The first-order valence-corrected chi connectivity index (χ1v) is 9.17. The number of nitrogens with zero attached hydrogens (tertiary/aromatic N) is 7. The fourth-order valence-corrected chi connectivity index (χ4v) is 3.16. The van der Waals surface area contributed by atoms with Crippen molar-refractivity contribution in [3.63, 3.8) is 0 Å². The SMILES string of the molecule is COc1ccccc1Nc1nc(N)nc(CSc2nnnn2C(C)(C)C)n1. The molecule has 2 aromatic heterocycles. The van der Waals surface area contributed by atoms with Gasteiger partial charge in [-0.25, -0.2) is 4.68 Å². The van der Waals surface area contributed by atoms with E-state index in [2.05, 4.69) is 35.8 Å². The molecule has 0 amide bonds. The molecule has 3 rings (SSSR count). The van der Waals surface area contributed by atoms with Crippen molar-refractivity contribution in [3.8, 4) is 5.75 Å². The largest absolute Gasteiger partial charge is 0.495 e. The van der Waals surface area contributed by atoms with Crippen LogP contribution in [0.1, 0.15) is 26.6 Å². The second-order valence-electron chi connectivity index (χ2n) is 6.59. The van der Waals surface area contributed by atoms with Crippen molar-refractivity contribution in [1.82, 2.24) is 35.2 Å². The highest BCUT2D eigenvalue weighted by atomic mass is 32.2. The van der Waals surface area contributed by atoms with Gasteiger partial charge in [0.05, 0.1) is 24.1 Å². The Hall–Kier alpha value is -2.95. The van der Waals surface area contributed by atoms with E-state index >= 15 is 0 Å². The Morgan fingerprint density at radius 1 is 1.19 bits per heavy atom. The van der Waals surface area contributed by atoms with Crippen molar-refractivity contribution < 1.29 is 4.74 Å². The van der Waals surface area contributed by atoms with Gasteiger partial charge in [-0.2, -0.15) is 15.0 Å². The highest BCUT2D eigenvalue weighted by Gasteiger charge is 2.20. The molecule has 0 atom stereocenters. The molecule has 0 fully saturated rings. The molecule has 3 aromatic rings. The molecule has 0 saturated heterocycles. The number of nitrogens with one attached hydrogen (secondary N) is 1.